The summed E-state index contributed by atoms with van der Waals surface area (Å²) in [5.74, 6) is 0.688. The molecule has 2 unspecified atom stereocenters. The van der Waals surface area contributed by atoms with E-state index in [4.69, 9.17) is 11.6 Å². The van der Waals surface area contributed by atoms with Crippen molar-refractivity contribution in [2.45, 2.75) is 46.1 Å². The van der Waals surface area contributed by atoms with Crippen LogP contribution in [0.2, 0.25) is 5.02 Å². The third-order valence-electron chi connectivity index (χ3n) is 2.97. The summed E-state index contributed by atoms with van der Waals surface area (Å²) in [6, 6.07) is 8.79. The molecule has 0 aliphatic rings. The molecule has 2 atom stereocenters. The summed E-state index contributed by atoms with van der Waals surface area (Å²) in [7, 11) is 0. The molecule has 17 heavy (non-hydrogen) atoms. The molecule has 96 valence electrons. The maximum atomic E-state index is 5.99. The maximum absolute atomic E-state index is 5.99. The van der Waals surface area contributed by atoms with Crippen molar-refractivity contribution in [1.29, 1.82) is 0 Å². The lowest BCUT2D eigenvalue weighted by Crippen LogP contribution is -2.28. The van der Waals surface area contributed by atoms with Gasteiger partial charge in [-0.1, -0.05) is 37.6 Å². The molecule has 0 bridgehead atoms. The van der Waals surface area contributed by atoms with Gasteiger partial charge in [0.2, 0.25) is 0 Å². The SMILES string of the molecule is CCCNC(C)CC(C)Cc1cccc(Cl)c1. The number of hydrogen-bond acceptors (Lipinski definition) is 1. The number of hydrogen-bond donors (Lipinski definition) is 1. The summed E-state index contributed by atoms with van der Waals surface area (Å²) in [4.78, 5) is 0. The molecule has 1 rings (SSSR count). The van der Waals surface area contributed by atoms with Crippen LogP contribution in [0.25, 0.3) is 0 Å². The fourth-order valence-electron chi connectivity index (χ4n) is 2.23. The van der Waals surface area contributed by atoms with Gasteiger partial charge >= 0.3 is 0 Å². The maximum Gasteiger partial charge on any atom is 0.0408 e. The molecule has 1 aromatic rings. The molecule has 2 heteroatoms. The highest BCUT2D eigenvalue weighted by Crippen LogP contribution is 2.17. The van der Waals surface area contributed by atoms with Crippen molar-refractivity contribution in [2.24, 2.45) is 5.92 Å². The summed E-state index contributed by atoms with van der Waals surface area (Å²) < 4.78 is 0. The summed E-state index contributed by atoms with van der Waals surface area (Å²) in [6.45, 7) is 7.90. The molecule has 0 heterocycles. The summed E-state index contributed by atoms with van der Waals surface area (Å²) in [5.41, 5.74) is 1.34. The quantitative estimate of drug-likeness (QED) is 0.764. The fraction of sp³-hybridized carbons (Fsp3) is 0.600. The van der Waals surface area contributed by atoms with Crippen molar-refractivity contribution in [3.05, 3.63) is 34.9 Å². The molecule has 0 aromatic heterocycles. The van der Waals surface area contributed by atoms with Crippen LogP contribution >= 0.6 is 11.6 Å². The number of benzene rings is 1. The van der Waals surface area contributed by atoms with Gasteiger partial charge in [-0.15, -0.1) is 0 Å². The summed E-state index contributed by atoms with van der Waals surface area (Å²) in [5, 5.41) is 4.37. The van der Waals surface area contributed by atoms with Gasteiger partial charge in [0, 0.05) is 11.1 Å². The van der Waals surface area contributed by atoms with Crippen LogP contribution in [0.15, 0.2) is 24.3 Å². The van der Waals surface area contributed by atoms with Gasteiger partial charge in [0.05, 0.1) is 0 Å². The average Bonchev–Trinajstić information content (AvgIpc) is 2.26. The van der Waals surface area contributed by atoms with Crippen molar-refractivity contribution in [3.8, 4) is 0 Å². The normalized spacial score (nSPS) is 14.6. The topological polar surface area (TPSA) is 12.0 Å². The highest BCUT2D eigenvalue weighted by atomic mass is 35.5. The minimum absolute atomic E-state index is 0.601. The van der Waals surface area contributed by atoms with E-state index in [9.17, 15) is 0 Å². The van der Waals surface area contributed by atoms with Gasteiger partial charge in [-0.3, -0.25) is 0 Å². The lowest BCUT2D eigenvalue weighted by atomic mass is 9.95. The van der Waals surface area contributed by atoms with Crippen molar-refractivity contribution >= 4 is 11.6 Å². The van der Waals surface area contributed by atoms with E-state index in [0.717, 1.165) is 18.0 Å². The highest BCUT2D eigenvalue weighted by Gasteiger charge is 2.09. The zero-order chi connectivity index (χ0) is 12.7. The molecule has 0 aliphatic carbocycles. The van der Waals surface area contributed by atoms with E-state index in [1.165, 1.54) is 18.4 Å². The Morgan fingerprint density at radius 1 is 1.29 bits per heavy atom. The Bertz CT molecular complexity index is 324. The fourth-order valence-corrected chi connectivity index (χ4v) is 2.44. The zero-order valence-corrected chi connectivity index (χ0v) is 11.9. The average molecular weight is 254 g/mol. The molecular formula is C15H24ClN. The van der Waals surface area contributed by atoms with Crippen LogP contribution in [0.4, 0.5) is 0 Å². The van der Waals surface area contributed by atoms with Crippen LogP contribution in [-0.4, -0.2) is 12.6 Å². The van der Waals surface area contributed by atoms with Crippen LogP contribution in [0.5, 0.6) is 0 Å². The van der Waals surface area contributed by atoms with Crippen molar-refractivity contribution in [3.63, 3.8) is 0 Å². The van der Waals surface area contributed by atoms with Gasteiger partial charge in [0.15, 0.2) is 0 Å². The van der Waals surface area contributed by atoms with Crippen molar-refractivity contribution < 1.29 is 0 Å². The third kappa shape index (κ3) is 6.09. The second-order valence-electron chi connectivity index (χ2n) is 5.03. The van der Waals surface area contributed by atoms with E-state index in [1.807, 2.05) is 12.1 Å². The molecular weight excluding hydrogens is 230 g/mol. The zero-order valence-electron chi connectivity index (χ0n) is 11.2. The number of nitrogens with one attached hydrogen (secondary N) is 1. The molecule has 0 saturated carbocycles. The van der Waals surface area contributed by atoms with Crippen molar-refractivity contribution in [1.82, 2.24) is 5.32 Å². The predicted octanol–water partition coefficient (Wildman–Crippen LogP) is 4.30. The van der Waals surface area contributed by atoms with Crippen LogP contribution in [-0.2, 0) is 6.42 Å². The number of halogens is 1. The Balaban J connectivity index is 2.36. The molecule has 0 spiro atoms. The van der Waals surface area contributed by atoms with Crippen LogP contribution in [0.3, 0.4) is 0 Å². The smallest absolute Gasteiger partial charge is 0.0408 e. The first kappa shape index (κ1) is 14.5. The first-order valence-electron chi connectivity index (χ1n) is 6.59. The first-order valence-corrected chi connectivity index (χ1v) is 6.97. The lowest BCUT2D eigenvalue weighted by Gasteiger charge is -2.18. The van der Waals surface area contributed by atoms with Gasteiger partial charge in [0.1, 0.15) is 0 Å². The Labute approximate surface area is 111 Å². The Hall–Kier alpha value is -0.530. The Morgan fingerprint density at radius 3 is 2.71 bits per heavy atom. The second kappa shape index (κ2) is 7.73. The number of rotatable bonds is 7. The molecule has 1 nitrogen and oxygen atoms in total. The highest BCUT2D eigenvalue weighted by molar-refractivity contribution is 6.30. The van der Waals surface area contributed by atoms with Crippen LogP contribution in [0.1, 0.15) is 39.2 Å². The van der Waals surface area contributed by atoms with Gasteiger partial charge < -0.3 is 5.32 Å². The van der Waals surface area contributed by atoms with Gasteiger partial charge in [-0.2, -0.15) is 0 Å². The minimum atomic E-state index is 0.601. The van der Waals surface area contributed by atoms with E-state index in [-0.39, 0.29) is 0 Å². The van der Waals surface area contributed by atoms with E-state index in [1.54, 1.807) is 0 Å². The summed E-state index contributed by atoms with van der Waals surface area (Å²) in [6.07, 6.45) is 3.53. The second-order valence-corrected chi connectivity index (χ2v) is 5.47. The largest absolute Gasteiger partial charge is 0.314 e. The van der Waals surface area contributed by atoms with E-state index >= 15 is 0 Å². The Kier molecular flexibility index (Phi) is 6.61. The predicted molar refractivity (Wildman–Crippen MR) is 76.7 cm³/mol. The Morgan fingerprint density at radius 2 is 2.06 bits per heavy atom. The van der Waals surface area contributed by atoms with Gasteiger partial charge in [0.25, 0.3) is 0 Å². The minimum Gasteiger partial charge on any atom is -0.314 e. The van der Waals surface area contributed by atoms with E-state index in [0.29, 0.717) is 12.0 Å². The molecule has 0 radical (unpaired) electrons. The summed E-state index contributed by atoms with van der Waals surface area (Å²) >= 11 is 5.99. The molecule has 1 N–H and O–H groups in total. The molecule has 1 aromatic carbocycles. The molecule has 0 aliphatic heterocycles. The molecule has 0 amide bonds. The molecule has 0 fully saturated rings. The third-order valence-corrected chi connectivity index (χ3v) is 3.21. The van der Waals surface area contributed by atoms with Crippen LogP contribution < -0.4 is 5.32 Å². The standard InChI is InChI=1S/C15H24ClN/c1-4-8-17-13(3)9-12(2)10-14-6-5-7-15(16)11-14/h5-7,11-13,17H,4,8-10H2,1-3H3. The van der Waals surface area contributed by atoms with Crippen molar-refractivity contribution in [2.75, 3.05) is 6.54 Å². The lowest BCUT2D eigenvalue weighted by molar-refractivity contribution is 0.420. The van der Waals surface area contributed by atoms with E-state index in [2.05, 4.69) is 38.2 Å². The van der Waals surface area contributed by atoms with E-state index < -0.39 is 0 Å². The van der Waals surface area contributed by atoms with Gasteiger partial charge in [-0.05, 0) is 56.3 Å². The van der Waals surface area contributed by atoms with Crippen LogP contribution in [0, 0.1) is 5.92 Å². The first-order chi connectivity index (χ1) is 8.11. The molecule has 0 saturated heterocycles. The monoisotopic (exact) mass is 253 g/mol. The van der Waals surface area contributed by atoms with Gasteiger partial charge in [-0.25, -0.2) is 0 Å².